The number of carbonyl (C=O) groups excluding carboxylic acids is 2. The summed E-state index contributed by atoms with van der Waals surface area (Å²) >= 11 is 0. The topological polar surface area (TPSA) is 53.1 Å². The molecule has 2 aromatic rings. The van der Waals surface area contributed by atoms with Gasteiger partial charge in [0.05, 0.1) is 17.4 Å². The average Bonchev–Trinajstić information content (AvgIpc) is 2.99. The first-order chi connectivity index (χ1) is 14.5. The Bertz CT molecular complexity index is 959. The molecular formula is C24H27N3O3. The van der Waals surface area contributed by atoms with Crippen LogP contribution in [0.1, 0.15) is 19.4 Å². The summed E-state index contributed by atoms with van der Waals surface area (Å²) in [5.41, 5.74) is 2.28. The van der Waals surface area contributed by atoms with Crippen LogP contribution < -0.4 is 9.64 Å². The molecule has 2 aromatic carbocycles. The van der Waals surface area contributed by atoms with Gasteiger partial charge in [-0.25, -0.2) is 4.90 Å². The number of hydrogen-bond donors (Lipinski definition) is 0. The Labute approximate surface area is 177 Å². The molecule has 1 saturated heterocycles. The fourth-order valence-corrected chi connectivity index (χ4v) is 3.89. The van der Waals surface area contributed by atoms with E-state index in [0.717, 1.165) is 24.4 Å². The highest BCUT2D eigenvalue weighted by molar-refractivity contribution is 6.45. The molecule has 0 radical (unpaired) electrons. The number of rotatable bonds is 5. The van der Waals surface area contributed by atoms with Crippen molar-refractivity contribution in [2.45, 2.75) is 20.0 Å². The molecule has 0 aromatic heterocycles. The Morgan fingerprint density at radius 1 is 0.833 bits per heavy atom. The molecule has 6 heteroatoms. The molecular weight excluding hydrogens is 378 g/mol. The monoisotopic (exact) mass is 405 g/mol. The lowest BCUT2D eigenvalue weighted by Gasteiger charge is -2.34. The molecule has 2 amide bonds. The third-order valence-electron chi connectivity index (χ3n) is 5.41. The van der Waals surface area contributed by atoms with Crippen LogP contribution in [0.5, 0.6) is 5.75 Å². The Hall–Kier alpha value is -3.12. The summed E-state index contributed by atoms with van der Waals surface area (Å²) in [5, 5.41) is 0. The van der Waals surface area contributed by atoms with E-state index < -0.39 is 0 Å². The molecule has 4 rings (SSSR count). The molecule has 0 N–H and O–H groups in total. The summed E-state index contributed by atoms with van der Waals surface area (Å²) in [6.07, 6.45) is 0.0687. The minimum absolute atomic E-state index is 0.0687. The predicted octanol–water partition coefficient (Wildman–Crippen LogP) is 3.01. The van der Waals surface area contributed by atoms with Crippen molar-refractivity contribution in [3.8, 4) is 5.75 Å². The van der Waals surface area contributed by atoms with Gasteiger partial charge in [-0.2, -0.15) is 0 Å². The number of para-hydroxylation sites is 1. The number of nitrogens with zero attached hydrogens (tertiary/aromatic N) is 3. The number of piperazine rings is 1. The van der Waals surface area contributed by atoms with Crippen LogP contribution in [0.4, 0.5) is 5.69 Å². The number of ether oxygens (including phenoxy) is 1. The Morgan fingerprint density at radius 3 is 2.07 bits per heavy atom. The maximum atomic E-state index is 13.5. The molecule has 0 unspecified atom stereocenters. The van der Waals surface area contributed by atoms with Gasteiger partial charge in [0, 0.05) is 26.2 Å². The predicted molar refractivity (Wildman–Crippen MR) is 117 cm³/mol. The molecule has 156 valence electrons. The molecule has 0 aliphatic carbocycles. The highest BCUT2D eigenvalue weighted by atomic mass is 16.5. The van der Waals surface area contributed by atoms with Crippen LogP contribution in [-0.4, -0.2) is 60.9 Å². The lowest BCUT2D eigenvalue weighted by molar-refractivity contribution is -0.120. The van der Waals surface area contributed by atoms with Crippen molar-refractivity contribution in [2.24, 2.45) is 0 Å². The molecule has 2 heterocycles. The average molecular weight is 405 g/mol. The normalized spacial score (nSPS) is 18.0. The first kappa shape index (κ1) is 20.2. The van der Waals surface area contributed by atoms with Gasteiger partial charge in [-0.05, 0) is 50.7 Å². The van der Waals surface area contributed by atoms with E-state index in [4.69, 9.17) is 4.74 Å². The van der Waals surface area contributed by atoms with E-state index in [0.29, 0.717) is 30.0 Å². The molecule has 6 nitrogen and oxygen atoms in total. The zero-order chi connectivity index (χ0) is 21.3. The summed E-state index contributed by atoms with van der Waals surface area (Å²) in [7, 11) is 2.07. The van der Waals surface area contributed by atoms with E-state index in [1.165, 1.54) is 4.90 Å². The third kappa shape index (κ3) is 3.83. The van der Waals surface area contributed by atoms with Crippen LogP contribution in [0, 0.1) is 0 Å². The maximum Gasteiger partial charge on any atom is 0.282 e. The van der Waals surface area contributed by atoms with Crippen LogP contribution in [0.15, 0.2) is 60.3 Å². The summed E-state index contributed by atoms with van der Waals surface area (Å²) in [4.78, 5) is 32.5. The van der Waals surface area contributed by atoms with Crippen LogP contribution in [-0.2, 0) is 9.59 Å². The van der Waals surface area contributed by atoms with Crippen LogP contribution in [0.2, 0.25) is 0 Å². The van der Waals surface area contributed by atoms with Gasteiger partial charge in [0.15, 0.2) is 0 Å². The smallest absolute Gasteiger partial charge is 0.282 e. The van der Waals surface area contributed by atoms with Gasteiger partial charge in [0.1, 0.15) is 11.4 Å². The second-order valence-electron chi connectivity index (χ2n) is 7.99. The van der Waals surface area contributed by atoms with Crippen molar-refractivity contribution in [2.75, 3.05) is 38.1 Å². The van der Waals surface area contributed by atoms with Gasteiger partial charge in [0.25, 0.3) is 11.8 Å². The molecule has 0 atom stereocenters. The van der Waals surface area contributed by atoms with Gasteiger partial charge in [-0.1, -0.05) is 30.3 Å². The molecule has 2 aliphatic heterocycles. The van der Waals surface area contributed by atoms with Crippen molar-refractivity contribution >= 4 is 23.1 Å². The number of benzene rings is 2. The van der Waals surface area contributed by atoms with Crippen molar-refractivity contribution in [3.05, 3.63) is 65.9 Å². The van der Waals surface area contributed by atoms with E-state index in [-0.39, 0.29) is 17.9 Å². The van der Waals surface area contributed by atoms with E-state index >= 15 is 0 Å². The van der Waals surface area contributed by atoms with E-state index in [1.54, 1.807) is 12.1 Å². The zero-order valence-corrected chi connectivity index (χ0v) is 17.7. The lowest BCUT2D eigenvalue weighted by atomic mass is 10.0. The van der Waals surface area contributed by atoms with E-state index in [1.807, 2.05) is 56.3 Å². The van der Waals surface area contributed by atoms with Crippen molar-refractivity contribution in [3.63, 3.8) is 0 Å². The maximum absolute atomic E-state index is 13.5. The van der Waals surface area contributed by atoms with Gasteiger partial charge < -0.3 is 14.5 Å². The summed E-state index contributed by atoms with van der Waals surface area (Å²) in [6.45, 7) is 7.07. The number of anilines is 1. The second-order valence-corrected chi connectivity index (χ2v) is 7.99. The number of likely N-dealkylation sites (N-methyl/N-ethyl adjacent to an activating group) is 1. The lowest BCUT2D eigenvalue weighted by Crippen LogP contribution is -2.46. The zero-order valence-electron chi connectivity index (χ0n) is 17.7. The Morgan fingerprint density at radius 2 is 1.47 bits per heavy atom. The summed E-state index contributed by atoms with van der Waals surface area (Å²) < 4.78 is 5.73. The molecule has 1 fully saturated rings. The first-order valence-electron chi connectivity index (χ1n) is 10.3. The fraction of sp³-hybridized carbons (Fsp3) is 0.333. The van der Waals surface area contributed by atoms with Gasteiger partial charge in [-0.3, -0.25) is 9.59 Å². The highest BCUT2D eigenvalue weighted by Gasteiger charge is 2.42. The van der Waals surface area contributed by atoms with Gasteiger partial charge in [-0.15, -0.1) is 0 Å². The second kappa shape index (κ2) is 8.32. The Balaban J connectivity index is 1.75. The number of carbonyl (C=O) groups is 2. The molecule has 0 saturated carbocycles. The number of amides is 2. The minimum atomic E-state index is -0.280. The van der Waals surface area contributed by atoms with Crippen LogP contribution in [0.25, 0.3) is 5.57 Å². The van der Waals surface area contributed by atoms with Crippen molar-refractivity contribution in [1.82, 2.24) is 9.80 Å². The molecule has 2 aliphatic rings. The van der Waals surface area contributed by atoms with E-state index in [2.05, 4.69) is 16.8 Å². The molecule has 0 spiro atoms. The minimum Gasteiger partial charge on any atom is -0.491 e. The number of hydrogen-bond acceptors (Lipinski definition) is 5. The van der Waals surface area contributed by atoms with Gasteiger partial charge >= 0.3 is 0 Å². The molecule has 30 heavy (non-hydrogen) atoms. The van der Waals surface area contributed by atoms with Crippen molar-refractivity contribution < 1.29 is 14.3 Å². The third-order valence-corrected chi connectivity index (χ3v) is 5.41. The van der Waals surface area contributed by atoms with Crippen LogP contribution in [0.3, 0.4) is 0 Å². The summed E-state index contributed by atoms with van der Waals surface area (Å²) in [5.74, 6) is 0.207. The van der Waals surface area contributed by atoms with E-state index in [9.17, 15) is 9.59 Å². The SMILES string of the molecule is CC(C)Oc1ccc(C2=C(N3CCN(C)CC3)C(=O)N(c3ccccc3)C2=O)cc1. The Kier molecular flexibility index (Phi) is 5.59. The highest BCUT2D eigenvalue weighted by Crippen LogP contribution is 2.35. The van der Waals surface area contributed by atoms with Crippen LogP contribution >= 0.6 is 0 Å². The largest absolute Gasteiger partial charge is 0.491 e. The standard InChI is InChI=1S/C24H27N3O3/c1-17(2)30-20-11-9-18(10-12-20)21-22(26-15-13-25(3)14-16-26)24(29)27(23(21)28)19-7-5-4-6-8-19/h4-12,17H,13-16H2,1-3H3. The van der Waals surface area contributed by atoms with Gasteiger partial charge in [0.2, 0.25) is 0 Å². The quantitative estimate of drug-likeness (QED) is 0.716. The first-order valence-corrected chi connectivity index (χ1v) is 10.3. The fourth-order valence-electron chi connectivity index (χ4n) is 3.89. The van der Waals surface area contributed by atoms with Crippen molar-refractivity contribution in [1.29, 1.82) is 0 Å². The number of imide groups is 1. The molecule has 0 bridgehead atoms. The summed E-state index contributed by atoms with van der Waals surface area (Å²) in [6, 6.07) is 16.6.